The van der Waals surface area contributed by atoms with Crippen LogP contribution in [0.25, 0.3) is 0 Å². The number of hydrogen-bond acceptors (Lipinski definition) is 5. The van der Waals surface area contributed by atoms with Crippen LogP contribution in [0.1, 0.15) is 0 Å². The van der Waals surface area contributed by atoms with E-state index in [1.807, 2.05) is 11.0 Å². The first-order valence-electron chi connectivity index (χ1n) is 2.77. The predicted molar refractivity (Wildman–Crippen MR) is 35.5 cm³/mol. The van der Waals surface area contributed by atoms with Crippen LogP contribution in [0.5, 0.6) is 0 Å². The first-order chi connectivity index (χ1) is 5.22. The first kappa shape index (κ1) is 9.82. The summed E-state index contributed by atoms with van der Waals surface area (Å²) in [6, 6.07) is 0. The summed E-state index contributed by atoms with van der Waals surface area (Å²) in [4.78, 5) is 25.4. The fourth-order valence-corrected chi connectivity index (χ4v) is 0.324. The van der Waals surface area contributed by atoms with E-state index in [1.54, 1.807) is 0 Å². The highest BCUT2D eigenvalue weighted by Gasteiger charge is 2.10. The molecule has 0 unspecified atom stereocenters. The molecule has 64 valence electrons. The molecule has 2 amide bonds. The molecule has 0 aliphatic rings. The highest BCUT2D eigenvalue weighted by atomic mass is 16.7. The summed E-state index contributed by atoms with van der Waals surface area (Å²) in [6.07, 6.45) is 0. The van der Waals surface area contributed by atoms with E-state index in [0.717, 1.165) is 0 Å². The van der Waals surface area contributed by atoms with Crippen LogP contribution in [-0.4, -0.2) is 26.0 Å². The number of hydrazine groups is 2. The van der Waals surface area contributed by atoms with Crippen LogP contribution in [-0.2, 0) is 14.4 Å². The van der Waals surface area contributed by atoms with E-state index in [9.17, 15) is 9.59 Å². The molecule has 0 atom stereocenters. The second-order valence-electron chi connectivity index (χ2n) is 1.46. The van der Waals surface area contributed by atoms with Gasteiger partial charge in [-0.25, -0.2) is 5.43 Å². The Morgan fingerprint density at radius 1 is 1.18 bits per heavy atom. The Morgan fingerprint density at radius 2 is 1.73 bits per heavy atom. The van der Waals surface area contributed by atoms with Gasteiger partial charge in [0.15, 0.2) is 0 Å². The van der Waals surface area contributed by atoms with E-state index >= 15 is 0 Å². The molecule has 4 N–H and O–H groups in total. The molecule has 0 fully saturated rings. The van der Waals surface area contributed by atoms with Gasteiger partial charge in [-0.2, -0.15) is 0 Å². The third-order valence-electron chi connectivity index (χ3n) is 0.711. The molecule has 0 heterocycles. The Bertz CT molecular complexity index is 148. The van der Waals surface area contributed by atoms with Gasteiger partial charge in [0.25, 0.3) is 0 Å². The van der Waals surface area contributed by atoms with Gasteiger partial charge in [0.2, 0.25) is 0 Å². The Hall–Kier alpha value is -1.18. The third-order valence-corrected chi connectivity index (χ3v) is 0.711. The van der Waals surface area contributed by atoms with E-state index in [4.69, 9.17) is 0 Å². The molecule has 0 aliphatic heterocycles. The summed E-state index contributed by atoms with van der Waals surface area (Å²) < 4.78 is 0. The van der Waals surface area contributed by atoms with E-state index in [1.165, 1.54) is 14.2 Å². The summed E-state index contributed by atoms with van der Waals surface area (Å²) in [7, 11) is 2.77. The summed E-state index contributed by atoms with van der Waals surface area (Å²) in [5, 5.41) is 0. The van der Waals surface area contributed by atoms with Crippen LogP contribution in [0, 0.1) is 0 Å². The molecular weight excluding hydrogens is 152 g/mol. The second kappa shape index (κ2) is 5.59. The topological polar surface area (TPSA) is 91.5 Å². The summed E-state index contributed by atoms with van der Waals surface area (Å²) in [5.41, 5.74) is 8.31. The standard InChI is InChI=1S/C4H10N4O3/c1-5-6-3(9)4(10)7-8-11-2/h5,8H,1-2H3,(H,6,9)(H,7,10). The zero-order valence-electron chi connectivity index (χ0n) is 6.22. The van der Waals surface area contributed by atoms with Gasteiger partial charge in [0.05, 0.1) is 7.11 Å². The fourth-order valence-electron chi connectivity index (χ4n) is 0.324. The van der Waals surface area contributed by atoms with Gasteiger partial charge in [-0.05, 0) is 0 Å². The first-order valence-corrected chi connectivity index (χ1v) is 2.77. The monoisotopic (exact) mass is 162 g/mol. The maximum absolute atomic E-state index is 10.6. The molecule has 0 aromatic heterocycles. The molecule has 7 heteroatoms. The Kier molecular flexibility index (Phi) is 4.99. The largest absolute Gasteiger partial charge is 0.326 e. The zero-order valence-corrected chi connectivity index (χ0v) is 6.22. The molecule has 0 rings (SSSR count). The number of carbonyl (C=O) groups is 2. The van der Waals surface area contributed by atoms with Crippen molar-refractivity contribution < 1.29 is 14.4 Å². The molecular formula is C4H10N4O3. The lowest BCUT2D eigenvalue weighted by molar-refractivity contribution is -0.142. The minimum atomic E-state index is -0.846. The molecule has 0 saturated carbocycles. The summed E-state index contributed by atoms with van der Waals surface area (Å²) in [6.45, 7) is 0. The van der Waals surface area contributed by atoms with Crippen molar-refractivity contribution in [2.24, 2.45) is 0 Å². The minimum Gasteiger partial charge on any atom is -0.286 e. The number of rotatable bonds is 3. The average Bonchev–Trinajstić information content (AvgIpc) is 2.00. The van der Waals surface area contributed by atoms with Crippen LogP contribution in [0.3, 0.4) is 0 Å². The number of hydrogen-bond donors (Lipinski definition) is 4. The van der Waals surface area contributed by atoms with Gasteiger partial charge in [-0.15, -0.1) is 5.59 Å². The lowest BCUT2D eigenvalue weighted by Gasteiger charge is -2.03. The van der Waals surface area contributed by atoms with Crippen LogP contribution in [0.15, 0.2) is 0 Å². The van der Waals surface area contributed by atoms with Crippen LogP contribution in [0.2, 0.25) is 0 Å². The van der Waals surface area contributed by atoms with Crippen molar-refractivity contribution in [2.45, 2.75) is 0 Å². The van der Waals surface area contributed by atoms with Crippen LogP contribution >= 0.6 is 0 Å². The number of carbonyl (C=O) groups excluding carboxylic acids is 2. The number of nitrogens with one attached hydrogen (secondary N) is 4. The molecule has 11 heavy (non-hydrogen) atoms. The van der Waals surface area contributed by atoms with Gasteiger partial charge in [-0.3, -0.25) is 25.3 Å². The second-order valence-corrected chi connectivity index (χ2v) is 1.46. The molecule has 0 radical (unpaired) electrons. The molecule has 0 aromatic carbocycles. The highest BCUT2D eigenvalue weighted by Crippen LogP contribution is 1.61. The van der Waals surface area contributed by atoms with Crippen molar-refractivity contribution in [2.75, 3.05) is 14.2 Å². The Morgan fingerprint density at radius 3 is 2.18 bits per heavy atom. The van der Waals surface area contributed by atoms with Crippen molar-refractivity contribution in [3.63, 3.8) is 0 Å². The van der Waals surface area contributed by atoms with E-state index < -0.39 is 11.8 Å². The molecule has 0 saturated heterocycles. The van der Waals surface area contributed by atoms with Crippen molar-refractivity contribution in [3.05, 3.63) is 0 Å². The molecule has 0 aromatic rings. The third kappa shape index (κ3) is 4.25. The smallest absolute Gasteiger partial charge is 0.286 e. The highest BCUT2D eigenvalue weighted by molar-refractivity contribution is 6.34. The SMILES string of the molecule is CNNC(=O)C(=O)NNOC. The van der Waals surface area contributed by atoms with E-state index in [-0.39, 0.29) is 0 Å². The van der Waals surface area contributed by atoms with Crippen LogP contribution in [0.4, 0.5) is 0 Å². The summed E-state index contributed by atoms with van der Waals surface area (Å²) in [5.74, 6) is -1.65. The molecule has 0 spiro atoms. The van der Waals surface area contributed by atoms with Gasteiger partial charge in [0, 0.05) is 7.05 Å². The lowest BCUT2D eigenvalue weighted by atomic mass is 10.6. The fraction of sp³-hybridized carbons (Fsp3) is 0.500. The Labute approximate surface area is 63.4 Å². The van der Waals surface area contributed by atoms with Crippen molar-refractivity contribution in [3.8, 4) is 0 Å². The van der Waals surface area contributed by atoms with Crippen molar-refractivity contribution in [1.29, 1.82) is 0 Å². The van der Waals surface area contributed by atoms with Crippen LogP contribution < -0.4 is 21.9 Å². The van der Waals surface area contributed by atoms with Gasteiger partial charge in [-0.1, -0.05) is 0 Å². The molecule has 7 nitrogen and oxygen atoms in total. The maximum Gasteiger partial charge on any atom is 0.326 e. The minimum absolute atomic E-state index is 0.808. The van der Waals surface area contributed by atoms with Crippen molar-refractivity contribution in [1.82, 2.24) is 21.9 Å². The van der Waals surface area contributed by atoms with E-state index in [0.29, 0.717) is 0 Å². The van der Waals surface area contributed by atoms with E-state index in [2.05, 4.69) is 15.7 Å². The van der Waals surface area contributed by atoms with Crippen molar-refractivity contribution >= 4 is 11.8 Å². The van der Waals surface area contributed by atoms with Gasteiger partial charge < -0.3 is 0 Å². The lowest BCUT2D eigenvalue weighted by Crippen LogP contribution is -2.48. The maximum atomic E-state index is 10.6. The zero-order chi connectivity index (χ0) is 8.69. The van der Waals surface area contributed by atoms with Gasteiger partial charge in [0.1, 0.15) is 0 Å². The predicted octanol–water partition coefficient (Wildman–Crippen LogP) is -2.58. The average molecular weight is 162 g/mol. The quantitative estimate of drug-likeness (QED) is 0.270. The molecule has 0 aliphatic carbocycles. The summed E-state index contributed by atoms with van der Waals surface area (Å²) >= 11 is 0. The molecule has 0 bridgehead atoms. The number of amides is 2. The Balaban J connectivity index is 3.56. The normalized spacial score (nSPS) is 8.91. The van der Waals surface area contributed by atoms with Gasteiger partial charge >= 0.3 is 11.8 Å².